The summed E-state index contributed by atoms with van der Waals surface area (Å²) < 4.78 is 1.51. The zero-order valence-electron chi connectivity index (χ0n) is 17.2. The van der Waals surface area contributed by atoms with Gasteiger partial charge >= 0.3 is 0 Å². The molecule has 0 radical (unpaired) electrons. The number of rotatable bonds is 3. The lowest BCUT2D eigenvalue weighted by atomic mass is 10.1. The van der Waals surface area contributed by atoms with Crippen LogP contribution in [0.5, 0.6) is 0 Å². The summed E-state index contributed by atoms with van der Waals surface area (Å²) in [7, 11) is 1.69. The Bertz CT molecular complexity index is 1350. The predicted molar refractivity (Wildman–Crippen MR) is 127 cm³/mol. The Kier molecular flexibility index (Phi) is 5.88. The summed E-state index contributed by atoms with van der Waals surface area (Å²) in [5.41, 5.74) is 4.69. The summed E-state index contributed by atoms with van der Waals surface area (Å²) in [4.78, 5) is 17.3. The molecule has 0 fully saturated rings. The van der Waals surface area contributed by atoms with E-state index in [1.807, 2.05) is 85.8 Å². The van der Waals surface area contributed by atoms with E-state index in [0.717, 1.165) is 16.7 Å². The van der Waals surface area contributed by atoms with Gasteiger partial charge < -0.3 is 9.88 Å². The maximum atomic E-state index is 13.0. The minimum atomic E-state index is -0.274. The quantitative estimate of drug-likeness (QED) is 0.437. The molecule has 5 heteroatoms. The van der Waals surface area contributed by atoms with E-state index in [0.29, 0.717) is 11.4 Å². The van der Waals surface area contributed by atoms with E-state index >= 15 is 0 Å². The number of halogens is 1. The highest BCUT2D eigenvalue weighted by molar-refractivity contribution is 6.32. The zero-order valence-corrected chi connectivity index (χ0v) is 17.9. The smallest absolute Gasteiger partial charge is 0.293 e. The number of nitrogens with one attached hydrogen (secondary N) is 1. The fourth-order valence-corrected chi connectivity index (χ4v) is 3.51. The Labute approximate surface area is 186 Å². The minimum absolute atomic E-state index is 0.150. The third-order valence-electron chi connectivity index (χ3n) is 4.87. The molecule has 0 saturated heterocycles. The highest BCUT2D eigenvalue weighted by Crippen LogP contribution is 2.26. The molecule has 0 spiro atoms. The van der Waals surface area contributed by atoms with Crippen molar-refractivity contribution in [3.63, 3.8) is 0 Å². The van der Waals surface area contributed by atoms with Crippen molar-refractivity contribution in [2.75, 3.05) is 5.32 Å². The second kappa shape index (κ2) is 8.91. The van der Waals surface area contributed by atoms with Crippen molar-refractivity contribution >= 4 is 23.1 Å². The molecule has 1 aromatic heterocycles. The Hall–Kier alpha value is -3.81. The van der Waals surface area contributed by atoms with E-state index in [4.69, 9.17) is 11.6 Å². The predicted octanol–water partition coefficient (Wildman–Crippen LogP) is 5.55. The number of para-hydroxylation sites is 1. The van der Waals surface area contributed by atoms with Gasteiger partial charge in [0.2, 0.25) is 0 Å². The Morgan fingerprint density at radius 3 is 2.32 bits per heavy atom. The van der Waals surface area contributed by atoms with Crippen molar-refractivity contribution in [1.29, 1.82) is 0 Å². The van der Waals surface area contributed by atoms with Gasteiger partial charge in [-0.05, 0) is 31.2 Å². The number of nitrogens with zero attached hydrogens (tertiary/aromatic N) is 2. The first kappa shape index (κ1) is 20.5. The van der Waals surface area contributed by atoms with Gasteiger partial charge in [-0.25, -0.2) is 4.98 Å². The average molecular weight is 426 g/mol. The third-order valence-corrected chi connectivity index (χ3v) is 5.13. The molecule has 4 aromatic rings. The second-order valence-corrected chi connectivity index (χ2v) is 7.47. The summed E-state index contributed by atoms with van der Waals surface area (Å²) in [6.07, 6.45) is 0. The van der Waals surface area contributed by atoms with Crippen LogP contribution in [-0.4, -0.2) is 9.55 Å². The van der Waals surface area contributed by atoms with Crippen molar-refractivity contribution in [1.82, 2.24) is 9.55 Å². The van der Waals surface area contributed by atoms with Gasteiger partial charge in [-0.1, -0.05) is 83.6 Å². The molecule has 0 aliphatic heterocycles. The molecular formula is C26H20ClN3O. The largest absolute Gasteiger partial charge is 0.335 e. The molecule has 0 unspecified atom stereocenters. The Morgan fingerprint density at radius 2 is 1.58 bits per heavy atom. The first-order chi connectivity index (χ1) is 15.0. The highest BCUT2D eigenvalue weighted by atomic mass is 35.5. The standard InChI is InChI=1S/C26H20ClN3O/c1-18-12-14-19(15-13-18)16-17-20-8-6-7-11-22(20)28-25-26(31)30(2)23(24(27)29-25)21-9-4-3-5-10-21/h3-15H,1-2H3,(H,28,29). The van der Waals surface area contributed by atoms with Crippen molar-refractivity contribution < 1.29 is 0 Å². The molecule has 4 rings (SSSR count). The molecule has 0 saturated carbocycles. The molecule has 4 nitrogen and oxygen atoms in total. The maximum Gasteiger partial charge on any atom is 0.293 e. The lowest BCUT2D eigenvalue weighted by Gasteiger charge is -2.14. The first-order valence-corrected chi connectivity index (χ1v) is 10.2. The van der Waals surface area contributed by atoms with Crippen LogP contribution in [0.15, 0.2) is 83.7 Å². The van der Waals surface area contributed by atoms with Gasteiger partial charge in [-0.2, -0.15) is 0 Å². The van der Waals surface area contributed by atoms with Gasteiger partial charge in [0.15, 0.2) is 11.0 Å². The van der Waals surface area contributed by atoms with Crippen LogP contribution in [0.1, 0.15) is 16.7 Å². The molecule has 1 N–H and O–H groups in total. The summed E-state index contributed by atoms with van der Waals surface area (Å²) in [6, 6.07) is 25.0. The topological polar surface area (TPSA) is 46.9 Å². The zero-order chi connectivity index (χ0) is 21.8. The summed E-state index contributed by atoms with van der Waals surface area (Å²) in [6.45, 7) is 2.04. The number of hydrogen-bond donors (Lipinski definition) is 1. The first-order valence-electron chi connectivity index (χ1n) is 9.79. The van der Waals surface area contributed by atoms with Gasteiger partial charge in [-0.15, -0.1) is 0 Å². The van der Waals surface area contributed by atoms with Crippen molar-refractivity contribution in [3.8, 4) is 23.1 Å². The monoisotopic (exact) mass is 425 g/mol. The van der Waals surface area contributed by atoms with E-state index in [1.54, 1.807) is 7.05 Å². The number of benzene rings is 3. The fourth-order valence-electron chi connectivity index (χ4n) is 3.19. The molecular weight excluding hydrogens is 406 g/mol. The molecule has 0 atom stereocenters. The summed E-state index contributed by atoms with van der Waals surface area (Å²) in [5, 5.41) is 3.36. The van der Waals surface area contributed by atoms with Crippen molar-refractivity contribution in [2.24, 2.45) is 7.05 Å². The molecule has 152 valence electrons. The number of anilines is 2. The van der Waals surface area contributed by atoms with Crippen LogP contribution in [0.3, 0.4) is 0 Å². The molecule has 31 heavy (non-hydrogen) atoms. The Balaban J connectivity index is 1.70. The average Bonchev–Trinajstić information content (AvgIpc) is 2.78. The lowest BCUT2D eigenvalue weighted by Crippen LogP contribution is -2.23. The van der Waals surface area contributed by atoms with Crippen LogP contribution in [0.2, 0.25) is 5.15 Å². The lowest BCUT2D eigenvalue weighted by molar-refractivity contribution is 0.856. The molecule has 0 bridgehead atoms. The van der Waals surface area contributed by atoms with Gasteiger partial charge in [-0.3, -0.25) is 4.79 Å². The molecule has 1 heterocycles. The molecule has 0 aliphatic rings. The van der Waals surface area contributed by atoms with Gasteiger partial charge in [0.1, 0.15) is 0 Å². The SMILES string of the molecule is Cc1ccc(C#Cc2ccccc2Nc2nc(Cl)c(-c3ccccc3)n(C)c2=O)cc1. The number of aryl methyl sites for hydroxylation is 1. The number of hydrogen-bond acceptors (Lipinski definition) is 3. The van der Waals surface area contributed by atoms with Crippen LogP contribution >= 0.6 is 11.6 Å². The van der Waals surface area contributed by atoms with Gasteiger partial charge in [0.25, 0.3) is 5.56 Å². The number of aromatic nitrogens is 2. The van der Waals surface area contributed by atoms with Crippen LogP contribution in [0.25, 0.3) is 11.3 Å². The van der Waals surface area contributed by atoms with Crippen LogP contribution in [-0.2, 0) is 7.05 Å². The molecule has 0 amide bonds. The summed E-state index contributed by atoms with van der Waals surface area (Å²) in [5.74, 6) is 6.49. The van der Waals surface area contributed by atoms with Crippen LogP contribution in [0.4, 0.5) is 11.5 Å². The van der Waals surface area contributed by atoms with E-state index in [1.165, 1.54) is 10.1 Å². The second-order valence-electron chi connectivity index (χ2n) is 7.12. The van der Waals surface area contributed by atoms with E-state index in [2.05, 4.69) is 22.1 Å². The van der Waals surface area contributed by atoms with Crippen LogP contribution in [0, 0.1) is 18.8 Å². The van der Waals surface area contributed by atoms with Crippen molar-refractivity contribution in [3.05, 3.63) is 111 Å². The fraction of sp³-hybridized carbons (Fsp3) is 0.0769. The molecule has 0 aliphatic carbocycles. The molecule has 3 aromatic carbocycles. The maximum absolute atomic E-state index is 13.0. The highest BCUT2D eigenvalue weighted by Gasteiger charge is 2.15. The van der Waals surface area contributed by atoms with Crippen LogP contribution < -0.4 is 10.9 Å². The minimum Gasteiger partial charge on any atom is -0.335 e. The van der Waals surface area contributed by atoms with E-state index in [-0.39, 0.29) is 16.5 Å². The Morgan fingerprint density at radius 1 is 0.903 bits per heavy atom. The van der Waals surface area contributed by atoms with E-state index < -0.39 is 0 Å². The van der Waals surface area contributed by atoms with Gasteiger partial charge in [0, 0.05) is 23.7 Å². The third kappa shape index (κ3) is 4.53. The summed E-state index contributed by atoms with van der Waals surface area (Å²) >= 11 is 6.46. The van der Waals surface area contributed by atoms with Gasteiger partial charge in [0.05, 0.1) is 11.4 Å². The van der Waals surface area contributed by atoms with Crippen molar-refractivity contribution in [2.45, 2.75) is 6.92 Å². The van der Waals surface area contributed by atoms with E-state index in [9.17, 15) is 4.79 Å². The normalized spacial score (nSPS) is 10.3.